The first-order chi connectivity index (χ1) is 14.0. The van der Waals surface area contributed by atoms with E-state index in [-0.39, 0.29) is 29.7 Å². The molecule has 0 saturated carbocycles. The van der Waals surface area contributed by atoms with Crippen LogP contribution in [0, 0.1) is 0 Å². The van der Waals surface area contributed by atoms with Crippen LogP contribution >= 0.6 is 39.0 Å². The van der Waals surface area contributed by atoms with E-state index in [4.69, 9.17) is 0 Å². The van der Waals surface area contributed by atoms with Gasteiger partial charge in [-0.05, 0) is 39.5 Å². The van der Waals surface area contributed by atoms with E-state index < -0.39 is 0 Å². The zero-order valence-electron chi connectivity index (χ0n) is 15.2. The number of anilines is 1. The van der Waals surface area contributed by atoms with Crippen molar-refractivity contribution in [3.8, 4) is 0 Å². The van der Waals surface area contributed by atoms with Crippen LogP contribution < -0.4 is 16.2 Å². The fourth-order valence-electron chi connectivity index (χ4n) is 2.44. The molecular weight excluding hydrogens is 476 g/mol. The first-order valence-corrected chi connectivity index (χ1v) is 11.2. The number of carbonyl (C=O) groups excluding carboxylic acids is 2. The number of fused-ring (bicyclic) bond motifs is 1. The summed E-state index contributed by atoms with van der Waals surface area (Å²) in [5.41, 5.74) is 1.08. The number of thiophene rings is 1. The van der Waals surface area contributed by atoms with Gasteiger partial charge in [0.1, 0.15) is 4.70 Å². The summed E-state index contributed by atoms with van der Waals surface area (Å²) in [6.07, 6.45) is 1.61. The Hall–Kier alpha value is -2.43. The van der Waals surface area contributed by atoms with Crippen LogP contribution in [0.5, 0.6) is 0 Å². The molecule has 0 fully saturated rings. The van der Waals surface area contributed by atoms with Crippen LogP contribution in [0.4, 0.5) is 5.69 Å². The van der Waals surface area contributed by atoms with Gasteiger partial charge in [-0.1, -0.05) is 30.0 Å². The standard InChI is InChI=1S/C19H17BrN4O3S2/c1-2-8-24-18(27)17-14(7-9-28-17)23-19(24)29-11-16(26)21-10-15(25)22-13-6-4-3-5-12(13)20/h2-7,9H,1,8,10-11H2,(H,21,26)(H,22,25). The molecule has 7 nitrogen and oxygen atoms in total. The summed E-state index contributed by atoms with van der Waals surface area (Å²) in [5, 5.41) is 7.53. The summed E-state index contributed by atoms with van der Waals surface area (Å²) >= 11 is 5.83. The Bertz CT molecular complexity index is 1130. The van der Waals surface area contributed by atoms with Crippen molar-refractivity contribution in [3.63, 3.8) is 0 Å². The van der Waals surface area contributed by atoms with Gasteiger partial charge in [-0.3, -0.25) is 19.0 Å². The Morgan fingerprint density at radius 2 is 2.07 bits per heavy atom. The molecule has 3 rings (SSSR count). The lowest BCUT2D eigenvalue weighted by Gasteiger charge is -2.10. The summed E-state index contributed by atoms with van der Waals surface area (Å²) in [6, 6.07) is 8.98. The van der Waals surface area contributed by atoms with Crippen molar-refractivity contribution in [3.05, 3.63) is 63.2 Å². The number of hydrogen-bond donors (Lipinski definition) is 2. The highest BCUT2D eigenvalue weighted by molar-refractivity contribution is 9.10. The molecule has 0 saturated heterocycles. The van der Waals surface area contributed by atoms with Gasteiger partial charge in [0.05, 0.1) is 23.5 Å². The van der Waals surface area contributed by atoms with Crippen LogP contribution in [-0.4, -0.2) is 33.7 Å². The highest BCUT2D eigenvalue weighted by Crippen LogP contribution is 2.22. The Morgan fingerprint density at radius 3 is 2.83 bits per heavy atom. The molecule has 0 bridgehead atoms. The number of para-hydroxylation sites is 1. The molecule has 0 atom stereocenters. The molecular formula is C19H17BrN4O3S2. The minimum absolute atomic E-state index is 0.0293. The first kappa shape index (κ1) is 21.3. The monoisotopic (exact) mass is 492 g/mol. The molecule has 2 N–H and O–H groups in total. The molecule has 2 amide bonds. The van der Waals surface area contributed by atoms with Crippen LogP contribution in [0.25, 0.3) is 10.2 Å². The number of carbonyl (C=O) groups is 2. The van der Waals surface area contributed by atoms with E-state index in [0.717, 1.165) is 16.2 Å². The maximum atomic E-state index is 12.6. The molecule has 10 heteroatoms. The van der Waals surface area contributed by atoms with Gasteiger partial charge < -0.3 is 10.6 Å². The second-order valence-electron chi connectivity index (χ2n) is 5.83. The van der Waals surface area contributed by atoms with E-state index >= 15 is 0 Å². The molecule has 29 heavy (non-hydrogen) atoms. The van der Waals surface area contributed by atoms with Gasteiger partial charge >= 0.3 is 0 Å². The molecule has 150 valence electrons. The minimum atomic E-state index is -0.336. The lowest BCUT2D eigenvalue weighted by atomic mass is 10.3. The van der Waals surface area contributed by atoms with Crippen LogP contribution in [0.3, 0.4) is 0 Å². The Balaban J connectivity index is 1.58. The average molecular weight is 493 g/mol. The summed E-state index contributed by atoms with van der Waals surface area (Å²) < 4.78 is 2.82. The van der Waals surface area contributed by atoms with Gasteiger partial charge in [0.25, 0.3) is 5.56 Å². The molecule has 3 aromatic rings. The van der Waals surface area contributed by atoms with Crippen molar-refractivity contribution >= 4 is 66.7 Å². The van der Waals surface area contributed by atoms with Crippen molar-refractivity contribution < 1.29 is 9.59 Å². The van der Waals surface area contributed by atoms with Crippen molar-refractivity contribution in [2.45, 2.75) is 11.7 Å². The van der Waals surface area contributed by atoms with Crippen LogP contribution in [-0.2, 0) is 16.1 Å². The summed E-state index contributed by atoms with van der Waals surface area (Å²) in [6.45, 7) is 3.82. The maximum Gasteiger partial charge on any atom is 0.272 e. The fourth-order valence-corrected chi connectivity index (χ4v) is 4.44. The zero-order chi connectivity index (χ0) is 20.8. The minimum Gasteiger partial charge on any atom is -0.346 e. The molecule has 0 unspecified atom stereocenters. The Morgan fingerprint density at radius 1 is 1.28 bits per heavy atom. The van der Waals surface area contributed by atoms with E-state index in [1.165, 1.54) is 15.9 Å². The molecule has 0 aliphatic heterocycles. The predicted molar refractivity (Wildman–Crippen MR) is 121 cm³/mol. The number of allylic oxidation sites excluding steroid dienone is 1. The molecule has 2 heterocycles. The number of rotatable bonds is 8. The van der Waals surface area contributed by atoms with Crippen LogP contribution in [0.2, 0.25) is 0 Å². The third-order valence-corrected chi connectivity index (χ3v) is 6.33. The van der Waals surface area contributed by atoms with Gasteiger partial charge in [-0.2, -0.15) is 0 Å². The molecule has 2 aromatic heterocycles. The Kier molecular flexibility index (Phi) is 7.24. The predicted octanol–water partition coefficient (Wildman–Crippen LogP) is 3.25. The third kappa shape index (κ3) is 5.34. The van der Waals surface area contributed by atoms with Crippen molar-refractivity contribution in [2.75, 3.05) is 17.6 Å². The van der Waals surface area contributed by atoms with Gasteiger partial charge in [0.2, 0.25) is 11.8 Å². The van der Waals surface area contributed by atoms with Crippen LogP contribution in [0.15, 0.2) is 62.8 Å². The lowest BCUT2D eigenvalue weighted by Crippen LogP contribution is -2.34. The largest absolute Gasteiger partial charge is 0.346 e. The summed E-state index contributed by atoms with van der Waals surface area (Å²) in [7, 11) is 0. The van der Waals surface area contributed by atoms with Gasteiger partial charge in [-0.25, -0.2) is 4.98 Å². The molecule has 0 aliphatic rings. The van der Waals surface area contributed by atoms with E-state index in [0.29, 0.717) is 27.6 Å². The van der Waals surface area contributed by atoms with Crippen molar-refractivity contribution in [2.24, 2.45) is 0 Å². The lowest BCUT2D eigenvalue weighted by molar-refractivity contribution is -0.122. The third-order valence-electron chi connectivity index (χ3n) is 3.77. The maximum absolute atomic E-state index is 12.6. The van der Waals surface area contributed by atoms with Crippen molar-refractivity contribution in [1.29, 1.82) is 0 Å². The van der Waals surface area contributed by atoms with Crippen LogP contribution in [0.1, 0.15) is 0 Å². The summed E-state index contributed by atoms with van der Waals surface area (Å²) in [5.74, 6) is -0.639. The number of thioether (sulfide) groups is 1. The number of benzene rings is 1. The zero-order valence-corrected chi connectivity index (χ0v) is 18.4. The average Bonchev–Trinajstić information content (AvgIpc) is 3.18. The number of nitrogens with one attached hydrogen (secondary N) is 2. The highest BCUT2D eigenvalue weighted by atomic mass is 79.9. The number of amides is 2. The van der Waals surface area contributed by atoms with E-state index in [1.807, 2.05) is 17.5 Å². The highest BCUT2D eigenvalue weighted by Gasteiger charge is 2.14. The van der Waals surface area contributed by atoms with Gasteiger partial charge in [0.15, 0.2) is 5.16 Å². The number of hydrogen-bond acceptors (Lipinski definition) is 6. The summed E-state index contributed by atoms with van der Waals surface area (Å²) in [4.78, 5) is 41.2. The first-order valence-electron chi connectivity index (χ1n) is 8.52. The fraction of sp³-hybridized carbons (Fsp3) is 0.158. The normalized spacial score (nSPS) is 10.7. The van der Waals surface area contributed by atoms with E-state index in [9.17, 15) is 14.4 Å². The number of halogens is 1. The molecule has 0 radical (unpaired) electrons. The molecule has 0 spiro atoms. The Labute approximate surface area is 183 Å². The topological polar surface area (TPSA) is 93.1 Å². The second-order valence-corrected chi connectivity index (χ2v) is 8.54. The quantitative estimate of drug-likeness (QED) is 0.286. The number of nitrogens with zero attached hydrogens (tertiary/aromatic N) is 2. The van der Waals surface area contributed by atoms with Crippen molar-refractivity contribution in [1.82, 2.24) is 14.9 Å². The SMILES string of the molecule is C=CCn1c(SCC(=O)NCC(=O)Nc2ccccc2Br)nc2ccsc2c1=O. The van der Waals surface area contributed by atoms with E-state index in [2.05, 4.69) is 38.1 Å². The second kappa shape index (κ2) is 9.86. The van der Waals surface area contributed by atoms with Gasteiger partial charge in [-0.15, -0.1) is 17.9 Å². The molecule has 0 aliphatic carbocycles. The van der Waals surface area contributed by atoms with E-state index in [1.54, 1.807) is 24.3 Å². The van der Waals surface area contributed by atoms with Gasteiger partial charge in [0, 0.05) is 11.0 Å². The smallest absolute Gasteiger partial charge is 0.272 e. The number of aromatic nitrogens is 2. The molecule has 1 aromatic carbocycles.